The van der Waals surface area contributed by atoms with Gasteiger partial charge in [0.2, 0.25) is 0 Å². The molecule has 0 bridgehead atoms. The first-order valence-corrected chi connectivity index (χ1v) is 7.32. The van der Waals surface area contributed by atoms with Crippen LogP contribution in [0.2, 0.25) is 0 Å². The highest BCUT2D eigenvalue weighted by Crippen LogP contribution is 2.17. The molecule has 0 aromatic heterocycles. The molecule has 1 amide bonds. The van der Waals surface area contributed by atoms with Crippen LogP contribution in [0.5, 0.6) is 0 Å². The third kappa shape index (κ3) is 4.59. The van der Waals surface area contributed by atoms with Gasteiger partial charge in [-0.25, -0.2) is 9.18 Å². The van der Waals surface area contributed by atoms with Gasteiger partial charge in [-0.2, -0.15) is 0 Å². The van der Waals surface area contributed by atoms with E-state index in [4.69, 9.17) is 4.74 Å². The number of carbonyl (C=O) groups is 2. The number of esters is 1. The number of halogens is 2. The van der Waals surface area contributed by atoms with Crippen LogP contribution in [-0.4, -0.2) is 23.4 Å². The lowest BCUT2D eigenvalue weighted by molar-refractivity contribution is -0.384. The highest BCUT2D eigenvalue weighted by Gasteiger charge is 2.15. The van der Waals surface area contributed by atoms with Gasteiger partial charge in [-0.3, -0.25) is 14.9 Å². The van der Waals surface area contributed by atoms with Crippen LogP contribution in [-0.2, 0) is 9.53 Å². The summed E-state index contributed by atoms with van der Waals surface area (Å²) >= 11 is 3.10. The van der Waals surface area contributed by atoms with Crippen molar-refractivity contribution in [3.05, 3.63) is 68.4 Å². The summed E-state index contributed by atoms with van der Waals surface area (Å²) in [5.41, 5.74) is -0.118. The van der Waals surface area contributed by atoms with Gasteiger partial charge >= 0.3 is 5.97 Å². The molecule has 124 valence electrons. The number of anilines is 1. The molecule has 2 aromatic rings. The minimum Gasteiger partial charge on any atom is -0.452 e. The van der Waals surface area contributed by atoms with Crippen molar-refractivity contribution in [3.63, 3.8) is 0 Å². The lowest BCUT2D eigenvalue weighted by atomic mass is 10.2. The number of non-ortho nitro benzene ring substituents is 1. The van der Waals surface area contributed by atoms with Crippen molar-refractivity contribution in [1.82, 2.24) is 0 Å². The fourth-order valence-electron chi connectivity index (χ4n) is 1.73. The van der Waals surface area contributed by atoms with Gasteiger partial charge < -0.3 is 10.1 Å². The highest BCUT2D eigenvalue weighted by atomic mass is 79.9. The zero-order valence-corrected chi connectivity index (χ0v) is 13.6. The van der Waals surface area contributed by atoms with E-state index >= 15 is 0 Å². The first-order chi connectivity index (χ1) is 11.4. The van der Waals surface area contributed by atoms with Gasteiger partial charge in [0.25, 0.3) is 11.6 Å². The normalized spacial score (nSPS) is 10.1. The first-order valence-electron chi connectivity index (χ1n) is 6.53. The quantitative estimate of drug-likeness (QED) is 0.474. The van der Waals surface area contributed by atoms with E-state index in [1.54, 1.807) is 0 Å². The van der Waals surface area contributed by atoms with Gasteiger partial charge in [0, 0.05) is 22.3 Å². The molecule has 0 spiro atoms. The summed E-state index contributed by atoms with van der Waals surface area (Å²) in [5, 5.41) is 12.9. The number of nitrogens with one attached hydrogen (secondary N) is 1. The SMILES string of the molecule is O=C(COC(=O)c1cc(Br)ccc1F)Nc1ccc([N+](=O)[O-])cc1. The Morgan fingerprint density at radius 1 is 1.21 bits per heavy atom. The molecule has 0 aliphatic carbocycles. The monoisotopic (exact) mass is 396 g/mol. The molecule has 0 heterocycles. The molecule has 0 saturated heterocycles. The number of benzene rings is 2. The fraction of sp³-hybridized carbons (Fsp3) is 0.0667. The van der Waals surface area contributed by atoms with E-state index < -0.39 is 29.2 Å². The molecule has 9 heteroatoms. The molecular formula is C15H10BrFN2O5. The number of nitro groups is 1. The van der Waals surface area contributed by atoms with Crippen LogP contribution in [0.4, 0.5) is 15.8 Å². The number of ether oxygens (including phenoxy) is 1. The summed E-state index contributed by atoms with van der Waals surface area (Å²) < 4.78 is 18.7. The van der Waals surface area contributed by atoms with Crippen molar-refractivity contribution in [2.24, 2.45) is 0 Å². The van der Waals surface area contributed by atoms with E-state index in [0.717, 1.165) is 6.07 Å². The molecule has 24 heavy (non-hydrogen) atoms. The van der Waals surface area contributed by atoms with E-state index in [9.17, 15) is 24.1 Å². The van der Waals surface area contributed by atoms with Gasteiger partial charge in [-0.1, -0.05) is 15.9 Å². The predicted octanol–water partition coefficient (Wildman–Crippen LogP) is 3.29. The Labute approximate surface area is 143 Å². The second kappa shape index (κ2) is 7.64. The molecule has 0 atom stereocenters. The third-order valence-corrected chi connectivity index (χ3v) is 3.34. The maximum Gasteiger partial charge on any atom is 0.341 e. The number of hydrogen-bond acceptors (Lipinski definition) is 5. The Kier molecular flexibility index (Phi) is 5.59. The number of hydrogen-bond donors (Lipinski definition) is 1. The zero-order chi connectivity index (χ0) is 17.7. The maximum atomic E-state index is 13.5. The Hall–Kier alpha value is -2.81. The van der Waals surface area contributed by atoms with Gasteiger partial charge in [-0.15, -0.1) is 0 Å². The average molecular weight is 397 g/mol. The standard InChI is InChI=1S/C15H10BrFN2O5/c16-9-1-6-13(17)12(7-9)15(21)24-8-14(20)18-10-2-4-11(5-3-10)19(22)23/h1-7H,8H2,(H,18,20). The van der Waals surface area contributed by atoms with Crippen molar-refractivity contribution in [1.29, 1.82) is 0 Å². The second-order valence-corrected chi connectivity index (χ2v) is 5.47. The molecule has 1 N–H and O–H groups in total. The number of nitrogens with zero attached hydrogens (tertiary/aromatic N) is 1. The van der Waals surface area contributed by atoms with Crippen molar-refractivity contribution in [3.8, 4) is 0 Å². The summed E-state index contributed by atoms with van der Waals surface area (Å²) in [5.74, 6) is -2.40. The lowest BCUT2D eigenvalue weighted by Gasteiger charge is -2.07. The topological polar surface area (TPSA) is 98.5 Å². The lowest BCUT2D eigenvalue weighted by Crippen LogP contribution is -2.21. The molecule has 2 rings (SSSR count). The van der Waals surface area contributed by atoms with Crippen LogP contribution >= 0.6 is 15.9 Å². The van der Waals surface area contributed by atoms with Crippen molar-refractivity contribution >= 4 is 39.2 Å². The molecule has 0 aliphatic heterocycles. The Morgan fingerprint density at radius 2 is 1.88 bits per heavy atom. The minimum absolute atomic E-state index is 0.121. The van der Waals surface area contributed by atoms with Crippen LogP contribution in [0, 0.1) is 15.9 Å². The van der Waals surface area contributed by atoms with Gasteiger partial charge in [0.05, 0.1) is 10.5 Å². The molecule has 2 aromatic carbocycles. The number of rotatable bonds is 5. The number of nitro benzene ring substituents is 1. The summed E-state index contributed by atoms with van der Waals surface area (Å²) in [7, 11) is 0. The van der Waals surface area contributed by atoms with Crippen LogP contribution in [0.25, 0.3) is 0 Å². The second-order valence-electron chi connectivity index (χ2n) is 4.55. The van der Waals surface area contributed by atoms with E-state index in [1.165, 1.54) is 36.4 Å². The Morgan fingerprint density at radius 3 is 2.50 bits per heavy atom. The molecule has 0 unspecified atom stereocenters. The van der Waals surface area contributed by atoms with Crippen LogP contribution in [0.1, 0.15) is 10.4 Å². The summed E-state index contributed by atoms with van der Waals surface area (Å²) in [6, 6.07) is 8.88. The predicted molar refractivity (Wildman–Crippen MR) is 86.1 cm³/mol. The summed E-state index contributed by atoms with van der Waals surface area (Å²) in [6.45, 7) is -0.623. The van der Waals surface area contributed by atoms with Gasteiger partial charge in [-0.05, 0) is 30.3 Å². The van der Waals surface area contributed by atoms with Gasteiger partial charge in [0.15, 0.2) is 6.61 Å². The Bertz CT molecular complexity index is 795. The maximum absolute atomic E-state index is 13.5. The van der Waals surface area contributed by atoms with Crippen LogP contribution < -0.4 is 5.32 Å². The summed E-state index contributed by atoms with van der Waals surface area (Å²) in [4.78, 5) is 33.4. The van der Waals surface area contributed by atoms with Crippen LogP contribution in [0.3, 0.4) is 0 Å². The van der Waals surface area contributed by atoms with E-state index in [-0.39, 0.29) is 11.3 Å². The fourth-order valence-corrected chi connectivity index (χ4v) is 2.09. The van der Waals surface area contributed by atoms with Crippen molar-refractivity contribution < 1.29 is 23.6 Å². The largest absolute Gasteiger partial charge is 0.452 e. The molecule has 0 aliphatic rings. The molecule has 7 nitrogen and oxygen atoms in total. The Balaban J connectivity index is 1.92. The van der Waals surface area contributed by atoms with E-state index in [2.05, 4.69) is 21.2 Å². The molecule has 0 fully saturated rings. The smallest absolute Gasteiger partial charge is 0.341 e. The number of carbonyl (C=O) groups excluding carboxylic acids is 2. The molecular weight excluding hydrogens is 387 g/mol. The van der Waals surface area contributed by atoms with E-state index in [0.29, 0.717) is 10.2 Å². The summed E-state index contributed by atoms with van der Waals surface area (Å²) in [6.07, 6.45) is 0. The zero-order valence-electron chi connectivity index (χ0n) is 12.0. The van der Waals surface area contributed by atoms with Crippen molar-refractivity contribution in [2.75, 3.05) is 11.9 Å². The average Bonchev–Trinajstić information content (AvgIpc) is 2.55. The minimum atomic E-state index is -0.979. The van der Waals surface area contributed by atoms with Gasteiger partial charge in [0.1, 0.15) is 5.82 Å². The van der Waals surface area contributed by atoms with Crippen LogP contribution in [0.15, 0.2) is 46.9 Å². The molecule has 0 saturated carbocycles. The van der Waals surface area contributed by atoms with E-state index in [1.807, 2.05) is 0 Å². The third-order valence-electron chi connectivity index (χ3n) is 2.84. The highest BCUT2D eigenvalue weighted by molar-refractivity contribution is 9.10. The first kappa shape index (κ1) is 17.5. The van der Waals surface area contributed by atoms with Crippen molar-refractivity contribution in [2.45, 2.75) is 0 Å². The number of amides is 1. The molecule has 0 radical (unpaired) electrons.